The third-order valence-electron chi connectivity index (χ3n) is 2.79. The highest BCUT2D eigenvalue weighted by Gasteiger charge is 2.27. The highest BCUT2D eigenvalue weighted by Crippen LogP contribution is 2.20. The van der Waals surface area contributed by atoms with Crippen molar-refractivity contribution < 1.29 is 0 Å². The molecular weight excluding hydrogens is 174 g/mol. The molecule has 0 aromatic carbocycles. The molecule has 0 radical (unpaired) electrons. The van der Waals surface area contributed by atoms with Gasteiger partial charge in [-0.2, -0.15) is 0 Å². The van der Waals surface area contributed by atoms with Gasteiger partial charge in [0.2, 0.25) is 0 Å². The van der Waals surface area contributed by atoms with Gasteiger partial charge >= 0.3 is 0 Å². The van der Waals surface area contributed by atoms with Gasteiger partial charge in [-0.05, 0) is 32.4 Å². The van der Waals surface area contributed by atoms with Crippen molar-refractivity contribution in [1.82, 2.24) is 10.2 Å². The average Bonchev–Trinajstić information content (AvgIpc) is 1.93. The van der Waals surface area contributed by atoms with Crippen LogP contribution < -0.4 is 11.1 Å². The first kappa shape index (κ1) is 12.0. The van der Waals surface area contributed by atoms with E-state index in [1.54, 1.807) is 0 Å². The van der Waals surface area contributed by atoms with Gasteiger partial charge in [0.1, 0.15) is 0 Å². The van der Waals surface area contributed by atoms with Gasteiger partial charge < -0.3 is 16.0 Å². The molecule has 0 aromatic heterocycles. The van der Waals surface area contributed by atoms with Crippen molar-refractivity contribution in [3.63, 3.8) is 0 Å². The summed E-state index contributed by atoms with van der Waals surface area (Å²) < 4.78 is 0. The third kappa shape index (κ3) is 3.95. The molecule has 3 heteroatoms. The largest absolute Gasteiger partial charge is 0.328 e. The quantitative estimate of drug-likeness (QED) is 0.683. The first-order valence-electron chi connectivity index (χ1n) is 5.53. The summed E-state index contributed by atoms with van der Waals surface area (Å²) in [6.07, 6.45) is 2.30. The second-order valence-corrected chi connectivity index (χ2v) is 5.71. The van der Waals surface area contributed by atoms with Crippen molar-refractivity contribution in [3.05, 3.63) is 0 Å². The van der Waals surface area contributed by atoms with Gasteiger partial charge in [-0.15, -0.1) is 0 Å². The molecule has 0 heterocycles. The van der Waals surface area contributed by atoms with Crippen LogP contribution in [0.4, 0.5) is 0 Å². The zero-order valence-corrected chi connectivity index (χ0v) is 10.0. The van der Waals surface area contributed by atoms with Gasteiger partial charge in [0.05, 0.1) is 0 Å². The standard InChI is InChI=1S/C11H25N3/c1-11(2,8-14(3)4)7-13-10-5-9(12)6-10/h9-10,13H,5-8,12H2,1-4H3. The van der Waals surface area contributed by atoms with Gasteiger partial charge in [-0.1, -0.05) is 13.8 Å². The predicted molar refractivity (Wildman–Crippen MR) is 61.3 cm³/mol. The number of hydrogen-bond donors (Lipinski definition) is 2. The van der Waals surface area contributed by atoms with E-state index >= 15 is 0 Å². The monoisotopic (exact) mass is 199 g/mol. The molecule has 0 saturated heterocycles. The van der Waals surface area contributed by atoms with Crippen LogP contribution in [0, 0.1) is 5.41 Å². The molecule has 14 heavy (non-hydrogen) atoms. The van der Waals surface area contributed by atoms with Crippen LogP contribution in [-0.2, 0) is 0 Å². The van der Waals surface area contributed by atoms with E-state index in [2.05, 4.69) is 38.2 Å². The fourth-order valence-electron chi connectivity index (χ4n) is 2.16. The first-order valence-corrected chi connectivity index (χ1v) is 5.53. The topological polar surface area (TPSA) is 41.3 Å². The minimum Gasteiger partial charge on any atom is -0.328 e. The Morgan fingerprint density at radius 1 is 1.36 bits per heavy atom. The van der Waals surface area contributed by atoms with E-state index in [1.165, 1.54) is 0 Å². The van der Waals surface area contributed by atoms with Crippen molar-refractivity contribution in [2.75, 3.05) is 27.2 Å². The number of hydrogen-bond acceptors (Lipinski definition) is 3. The maximum absolute atomic E-state index is 5.74. The fraction of sp³-hybridized carbons (Fsp3) is 1.00. The lowest BCUT2D eigenvalue weighted by atomic mass is 9.85. The summed E-state index contributed by atoms with van der Waals surface area (Å²) in [5.74, 6) is 0. The summed E-state index contributed by atoms with van der Waals surface area (Å²) in [6.45, 7) is 6.82. The Labute approximate surface area is 88.0 Å². The number of nitrogens with zero attached hydrogens (tertiary/aromatic N) is 1. The lowest BCUT2D eigenvalue weighted by Gasteiger charge is -2.37. The van der Waals surface area contributed by atoms with E-state index in [0.29, 0.717) is 17.5 Å². The van der Waals surface area contributed by atoms with Crippen LogP contribution in [0.15, 0.2) is 0 Å². The molecule has 1 fully saturated rings. The molecule has 0 aliphatic heterocycles. The summed E-state index contributed by atoms with van der Waals surface area (Å²) in [7, 11) is 4.25. The number of rotatable bonds is 5. The highest BCUT2D eigenvalue weighted by molar-refractivity contribution is 4.89. The minimum absolute atomic E-state index is 0.350. The van der Waals surface area contributed by atoms with Crippen molar-refractivity contribution >= 4 is 0 Å². The zero-order valence-electron chi connectivity index (χ0n) is 10.0. The molecule has 1 rings (SSSR count). The molecule has 0 spiro atoms. The van der Waals surface area contributed by atoms with Gasteiger partial charge in [0.15, 0.2) is 0 Å². The Morgan fingerprint density at radius 3 is 2.36 bits per heavy atom. The predicted octanol–water partition coefficient (Wildman–Crippen LogP) is 0.654. The van der Waals surface area contributed by atoms with Crippen molar-refractivity contribution in [1.29, 1.82) is 0 Å². The molecular formula is C11H25N3. The fourth-order valence-corrected chi connectivity index (χ4v) is 2.16. The molecule has 1 aliphatic carbocycles. The van der Waals surface area contributed by atoms with Gasteiger partial charge in [0, 0.05) is 25.2 Å². The lowest BCUT2D eigenvalue weighted by molar-refractivity contribution is 0.200. The van der Waals surface area contributed by atoms with Gasteiger partial charge in [-0.25, -0.2) is 0 Å². The highest BCUT2D eigenvalue weighted by atomic mass is 15.1. The Kier molecular flexibility index (Phi) is 3.93. The molecule has 0 unspecified atom stereocenters. The van der Waals surface area contributed by atoms with Crippen molar-refractivity contribution in [3.8, 4) is 0 Å². The van der Waals surface area contributed by atoms with Crippen LogP contribution in [0.1, 0.15) is 26.7 Å². The zero-order chi connectivity index (χ0) is 10.8. The molecule has 1 saturated carbocycles. The molecule has 1 aliphatic rings. The SMILES string of the molecule is CN(C)CC(C)(C)CNC1CC(N)C1. The van der Waals surface area contributed by atoms with E-state index in [0.717, 1.165) is 25.9 Å². The minimum atomic E-state index is 0.350. The van der Waals surface area contributed by atoms with E-state index in [-0.39, 0.29) is 0 Å². The second-order valence-electron chi connectivity index (χ2n) is 5.71. The Hall–Kier alpha value is -0.120. The second kappa shape index (κ2) is 4.60. The molecule has 0 aromatic rings. The Bertz CT molecular complexity index is 171. The smallest absolute Gasteiger partial charge is 0.00967 e. The molecule has 3 nitrogen and oxygen atoms in total. The molecule has 0 amide bonds. The first-order chi connectivity index (χ1) is 6.39. The molecule has 0 atom stereocenters. The lowest BCUT2D eigenvalue weighted by Crippen LogP contribution is -2.51. The van der Waals surface area contributed by atoms with Crippen LogP contribution in [0.25, 0.3) is 0 Å². The summed E-state index contributed by atoms with van der Waals surface area (Å²) in [5, 5.41) is 3.59. The van der Waals surface area contributed by atoms with Crippen LogP contribution in [0.2, 0.25) is 0 Å². The summed E-state index contributed by atoms with van der Waals surface area (Å²) in [5.41, 5.74) is 6.09. The molecule has 3 N–H and O–H groups in total. The van der Waals surface area contributed by atoms with E-state index in [9.17, 15) is 0 Å². The van der Waals surface area contributed by atoms with Crippen LogP contribution >= 0.6 is 0 Å². The van der Waals surface area contributed by atoms with Crippen LogP contribution in [-0.4, -0.2) is 44.2 Å². The van der Waals surface area contributed by atoms with Gasteiger partial charge in [-0.3, -0.25) is 0 Å². The summed E-state index contributed by atoms with van der Waals surface area (Å²) >= 11 is 0. The third-order valence-corrected chi connectivity index (χ3v) is 2.79. The maximum atomic E-state index is 5.74. The molecule has 84 valence electrons. The molecule has 0 bridgehead atoms. The normalized spacial score (nSPS) is 27.9. The number of nitrogens with one attached hydrogen (secondary N) is 1. The summed E-state index contributed by atoms with van der Waals surface area (Å²) in [6, 6.07) is 1.12. The van der Waals surface area contributed by atoms with Crippen LogP contribution in [0.5, 0.6) is 0 Å². The van der Waals surface area contributed by atoms with Gasteiger partial charge in [0.25, 0.3) is 0 Å². The maximum Gasteiger partial charge on any atom is 0.00967 e. The number of nitrogens with two attached hydrogens (primary N) is 1. The van der Waals surface area contributed by atoms with E-state index in [4.69, 9.17) is 5.73 Å². The van der Waals surface area contributed by atoms with Crippen molar-refractivity contribution in [2.24, 2.45) is 11.1 Å². The average molecular weight is 199 g/mol. The van der Waals surface area contributed by atoms with E-state index in [1.807, 2.05) is 0 Å². The van der Waals surface area contributed by atoms with Crippen molar-refractivity contribution in [2.45, 2.75) is 38.8 Å². The summed E-state index contributed by atoms with van der Waals surface area (Å²) in [4.78, 5) is 2.24. The Morgan fingerprint density at radius 2 is 1.93 bits per heavy atom. The Balaban J connectivity index is 2.16. The van der Waals surface area contributed by atoms with E-state index < -0.39 is 0 Å². The van der Waals surface area contributed by atoms with Crippen LogP contribution in [0.3, 0.4) is 0 Å².